The largest absolute Gasteiger partial charge is 0.313 e. The standard InChI is InChI=1S/C10H20N2/c1-4-12-7-5-6-10(8-12)9(2)11-3/h6,9,11H,4-5,7-8H2,1-3H3. The van der Waals surface area contributed by atoms with Gasteiger partial charge in [0.15, 0.2) is 0 Å². The molecular weight excluding hydrogens is 148 g/mol. The second-order valence-electron chi connectivity index (χ2n) is 3.45. The maximum absolute atomic E-state index is 3.28. The summed E-state index contributed by atoms with van der Waals surface area (Å²) < 4.78 is 0. The summed E-state index contributed by atoms with van der Waals surface area (Å²) in [7, 11) is 2.02. The molecule has 1 N–H and O–H groups in total. The number of rotatable bonds is 3. The van der Waals surface area contributed by atoms with Gasteiger partial charge in [0.25, 0.3) is 0 Å². The number of hydrogen-bond acceptors (Lipinski definition) is 2. The molecule has 0 amide bonds. The average molecular weight is 168 g/mol. The lowest BCUT2D eigenvalue weighted by atomic mass is 10.0. The van der Waals surface area contributed by atoms with Gasteiger partial charge < -0.3 is 5.32 Å². The summed E-state index contributed by atoms with van der Waals surface area (Å²) in [5.41, 5.74) is 1.55. The van der Waals surface area contributed by atoms with E-state index in [4.69, 9.17) is 0 Å². The summed E-state index contributed by atoms with van der Waals surface area (Å²) in [6.45, 7) is 8.01. The number of nitrogens with zero attached hydrogens (tertiary/aromatic N) is 1. The van der Waals surface area contributed by atoms with Crippen molar-refractivity contribution in [3.63, 3.8) is 0 Å². The molecule has 12 heavy (non-hydrogen) atoms. The normalized spacial score (nSPS) is 22.1. The Hall–Kier alpha value is -0.340. The Balaban J connectivity index is 2.49. The molecule has 0 aromatic carbocycles. The monoisotopic (exact) mass is 168 g/mol. The van der Waals surface area contributed by atoms with Crippen molar-refractivity contribution in [2.24, 2.45) is 0 Å². The zero-order valence-corrected chi connectivity index (χ0v) is 8.43. The van der Waals surface area contributed by atoms with Gasteiger partial charge in [-0.1, -0.05) is 13.0 Å². The third-order valence-corrected chi connectivity index (χ3v) is 2.69. The molecule has 0 bridgehead atoms. The van der Waals surface area contributed by atoms with Crippen LogP contribution in [0, 0.1) is 0 Å². The van der Waals surface area contributed by atoms with Crippen molar-refractivity contribution in [2.75, 3.05) is 26.7 Å². The van der Waals surface area contributed by atoms with E-state index in [1.807, 2.05) is 7.05 Å². The van der Waals surface area contributed by atoms with E-state index in [1.165, 1.54) is 19.5 Å². The average Bonchev–Trinajstić information content (AvgIpc) is 2.17. The molecule has 1 aliphatic heterocycles. The predicted molar refractivity (Wildman–Crippen MR) is 53.3 cm³/mol. The van der Waals surface area contributed by atoms with Crippen LogP contribution in [0.3, 0.4) is 0 Å². The molecular formula is C10H20N2. The van der Waals surface area contributed by atoms with Crippen molar-refractivity contribution in [2.45, 2.75) is 26.3 Å². The van der Waals surface area contributed by atoms with Crippen LogP contribution in [0.4, 0.5) is 0 Å². The Morgan fingerprint density at radius 1 is 1.67 bits per heavy atom. The van der Waals surface area contributed by atoms with Gasteiger partial charge in [0.05, 0.1) is 0 Å². The van der Waals surface area contributed by atoms with Crippen molar-refractivity contribution >= 4 is 0 Å². The Morgan fingerprint density at radius 3 is 3.00 bits per heavy atom. The van der Waals surface area contributed by atoms with E-state index >= 15 is 0 Å². The summed E-state index contributed by atoms with van der Waals surface area (Å²) in [6.07, 6.45) is 3.60. The first kappa shape index (κ1) is 9.75. The van der Waals surface area contributed by atoms with Crippen LogP contribution in [0.5, 0.6) is 0 Å². The van der Waals surface area contributed by atoms with Crippen LogP contribution in [0.1, 0.15) is 20.3 Å². The van der Waals surface area contributed by atoms with Gasteiger partial charge >= 0.3 is 0 Å². The summed E-state index contributed by atoms with van der Waals surface area (Å²) in [4.78, 5) is 2.49. The number of hydrogen-bond donors (Lipinski definition) is 1. The highest BCUT2D eigenvalue weighted by Crippen LogP contribution is 2.12. The highest BCUT2D eigenvalue weighted by molar-refractivity contribution is 5.14. The highest BCUT2D eigenvalue weighted by Gasteiger charge is 2.13. The zero-order valence-electron chi connectivity index (χ0n) is 8.43. The lowest BCUT2D eigenvalue weighted by Gasteiger charge is -2.28. The second kappa shape index (κ2) is 4.63. The minimum atomic E-state index is 0.541. The first-order chi connectivity index (χ1) is 5.77. The fourth-order valence-corrected chi connectivity index (χ4v) is 1.60. The smallest absolute Gasteiger partial charge is 0.0260 e. The maximum atomic E-state index is 3.28. The van der Waals surface area contributed by atoms with Crippen molar-refractivity contribution < 1.29 is 0 Å². The number of likely N-dealkylation sites (N-methyl/N-ethyl adjacent to an activating group) is 2. The van der Waals surface area contributed by atoms with Crippen LogP contribution in [0.25, 0.3) is 0 Å². The third kappa shape index (κ3) is 2.32. The lowest BCUT2D eigenvalue weighted by Crippen LogP contribution is -2.36. The molecule has 1 atom stereocenters. The summed E-state index contributed by atoms with van der Waals surface area (Å²) in [6, 6.07) is 0.541. The fraction of sp³-hybridized carbons (Fsp3) is 0.800. The minimum Gasteiger partial charge on any atom is -0.313 e. The van der Waals surface area contributed by atoms with Gasteiger partial charge in [-0.25, -0.2) is 0 Å². The van der Waals surface area contributed by atoms with Gasteiger partial charge in [0.1, 0.15) is 0 Å². The molecule has 2 nitrogen and oxygen atoms in total. The molecule has 2 heteroatoms. The zero-order chi connectivity index (χ0) is 8.97. The van der Waals surface area contributed by atoms with Crippen LogP contribution in [0.15, 0.2) is 11.6 Å². The predicted octanol–water partition coefficient (Wildman–Crippen LogP) is 1.25. The Labute approximate surface area is 75.6 Å². The van der Waals surface area contributed by atoms with Gasteiger partial charge in [-0.05, 0) is 32.5 Å². The summed E-state index contributed by atoms with van der Waals surface area (Å²) in [5, 5.41) is 3.28. The molecule has 0 spiro atoms. The van der Waals surface area contributed by atoms with E-state index in [0.717, 1.165) is 6.54 Å². The Morgan fingerprint density at radius 2 is 2.42 bits per heavy atom. The first-order valence-corrected chi connectivity index (χ1v) is 4.86. The highest BCUT2D eigenvalue weighted by atomic mass is 15.1. The van der Waals surface area contributed by atoms with E-state index in [1.54, 1.807) is 5.57 Å². The van der Waals surface area contributed by atoms with Crippen LogP contribution in [-0.4, -0.2) is 37.6 Å². The van der Waals surface area contributed by atoms with Crippen molar-refractivity contribution in [1.29, 1.82) is 0 Å². The van der Waals surface area contributed by atoms with E-state index in [9.17, 15) is 0 Å². The Kier molecular flexibility index (Phi) is 3.76. The molecule has 0 saturated carbocycles. The molecule has 70 valence electrons. The summed E-state index contributed by atoms with van der Waals surface area (Å²) in [5.74, 6) is 0. The Bertz CT molecular complexity index is 163. The molecule has 1 heterocycles. The number of nitrogens with one attached hydrogen (secondary N) is 1. The topological polar surface area (TPSA) is 15.3 Å². The van der Waals surface area contributed by atoms with Crippen LogP contribution in [-0.2, 0) is 0 Å². The molecule has 0 aromatic rings. The van der Waals surface area contributed by atoms with Crippen molar-refractivity contribution in [1.82, 2.24) is 10.2 Å². The molecule has 1 aliphatic rings. The molecule has 0 aliphatic carbocycles. The second-order valence-corrected chi connectivity index (χ2v) is 3.45. The van der Waals surface area contributed by atoms with Crippen LogP contribution < -0.4 is 5.32 Å². The van der Waals surface area contributed by atoms with E-state index in [2.05, 4.69) is 30.1 Å². The molecule has 0 saturated heterocycles. The first-order valence-electron chi connectivity index (χ1n) is 4.86. The van der Waals surface area contributed by atoms with Crippen molar-refractivity contribution in [3.8, 4) is 0 Å². The molecule has 1 rings (SSSR count). The molecule has 0 radical (unpaired) electrons. The third-order valence-electron chi connectivity index (χ3n) is 2.69. The van der Waals surface area contributed by atoms with Gasteiger partial charge in [-0.3, -0.25) is 4.90 Å². The SMILES string of the molecule is CCN1CCC=C(C(C)NC)C1. The van der Waals surface area contributed by atoms with Gasteiger partial charge in [-0.15, -0.1) is 0 Å². The molecule has 0 aromatic heterocycles. The quantitative estimate of drug-likeness (QED) is 0.638. The van der Waals surface area contributed by atoms with Gasteiger partial charge in [0.2, 0.25) is 0 Å². The van der Waals surface area contributed by atoms with Gasteiger partial charge in [0, 0.05) is 19.1 Å². The van der Waals surface area contributed by atoms with Crippen LogP contribution >= 0.6 is 0 Å². The van der Waals surface area contributed by atoms with Crippen LogP contribution in [0.2, 0.25) is 0 Å². The van der Waals surface area contributed by atoms with E-state index in [0.29, 0.717) is 6.04 Å². The van der Waals surface area contributed by atoms with E-state index in [-0.39, 0.29) is 0 Å². The van der Waals surface area contributed by atoms with E-state index < -0.39 is 0 Å². The maximum Gasteiger partial charge on any atom is 0.0260 e. The minimum absolute atomic E-state index is 0.541. The lowest BCUT2D eigenvalue weighted by molar-refractivity contribution is 0.298. The van der Waals surface area contributed by atoms with Crippen molar-refractivity contribution in [3.05, 3.63) is 11.6 Å². The molecule has 1 unspecified atom stereocenters. The molecule has 0 fully saturated rings. The fourth-order valence-electron chi connectivity index (χ4n) is 1.60. The summed E-state index contributed by atoms with van der Waals surface area (Å²) >= 11 is 0. The van der Waals surface area contributed by atoms with Gasteiger partial charge in [-0.2, -0.15) is 0 Å².